The number of aromatic hydroxyl groups is 2. The molecule has 2 N–H and O–H groups in total. The highest BCUT2D eigenvalue weighted by Gasteiger charge is 2.14. The van der Waals surface area contributed by atoms with Crippen LogP contribution in [0.4, 0.5) is 5.69 Å². The normalized spacial score (nSPS) is 10.5. The van der Waals surface area contributed by atoms with Crippen LogP contribution in [0.15, 0.2) is 18.2 Å². The monoisotopic (exact) mass is 223 g/mol. The summed E-state index contributed by atoms with van der Waals surface area (Å²) in [7, 11) is 0. The van der Waals surface area contributed by atoms with Gasteiger partial charge in [0.25, 0.3) is 0 Å². The van der Waals surface area contributed by atoms with Crippen molar-refractivity contribution in [3.05, 3.63) is 18.2 Å². The zero-order chi connectivity index (χ0) is 12.3. The molecule has 0 fully saturated rings. The van der Waals surface area contributed by atoms with Gasteiger partial charge in [-0.15, -0.1) is 0 Å². The third-order valence-corrected chi connectivity index (χ3v) is 2.20. The van der Waals surface area contributed by atoms with E-state index in [2.05, 4.69) is 0 Å². The third-order valence-electron chi connectivity index (χ3n) is 2.20. The van der Waals surface area contributed by atoms with Gasteiger partial charge < -0.3 is 15.1 Å². The van der Waals surface area contributed by atoms with Gasteiger partial charge in [0.05, 0.1) is 0 Å². The lowest BCUT2D eigenvalue weighted by Gasteiger charge is -2.23. The van der Waals surface area contributed by atoms with Crippen molar-refractivity contribution in [2.45, 2.75) is 20.8 Å². The summed E-state index contributed by atoms with van der Waals surface area (Å²) in [6.07, 6.45) is 0. The van der Waals surface area contributed by atoms with Crippen molar-refractivity contribution < 1.29 is 15.0 Å². The Balaban J connectivity index is 3.01. The standard InChI is InChI=1S/C12H17NO3/c1-8(2)7-13(9(3)14)10-4-5-11(15)12(16)6-10/h4-6,8,15-16H,7H2,1-3H3. The fraction of sp³-hybridized carbons (Fsp3) is 0.417. The summed E-state index contributed by atoms with van der Waals surface area (Å²) in [5.41, 5.74) is 0.594. The molecule has 0 spiro atoms. The van der Waals surface area contributed by atoms with Crippen molar-refractivity contribution in [1.29, 1.82) is 0 Å². The number of rotatable bonds is 3. The molecule has 0 aromatic heterocycles. The highest BCUT2D eigenvalue weighted by molar-refractivity contribution is 5.91. The molecule has 0 radical (unpaired) electrons. The molecule has 88 valence electrons. The van der Waals surface area contributed by atoms with E-state index in [1.54, 1.807) is 11.0 Å². The SMILES string of the molecule is CC(=O)N(CC(C)C)c1ccc(O)c(O)c1. The molecule has 4 heteroatoms. The smallest absolute Gasteiger partial charge is 0.223 e. The van der Waals surface area contributed by atoms with Gasteiger partial charge in [-0.25, -0.2) is 0 Å². The molecule has 0 unspecified atom stereocenters. The lowest BCUT2D eigenvalue weighted by Crippen LogP contribution is -2.32. The zero-order valence-electron chi connectivity index (χ0n) is 9.77. The number of hydrogen-bond donors (Lipinski definition) is 2. The quantitative estimate of drug-likeness (QED) is 0.771. The Hall–Kier alpha value is -1.71. The summed E-state index contributed by atoms with van der Waals surface area (Å²) in [4.78, 5) is 13.0. The predicted molar refractivity (Wildman–Crippen MR) is 62.6 cm³/mol. The second-order valence-electron chi connectivity index (χ2n) is 4.20. The van der Waals surface area contributed by atoms with Crippen LogP contribution in [-0.4, -0.2) is 22.7 Å². The molecule has 0 aliphatic carbocycles. The molecule has 0 heterocycles. The number of benzene rings is 1. The van der Waals surface area contributed by atoms with Gasteiger partial charge in [0, 0.05) is 25.2 Å². The molecule has 0 aliphatic rings. The summed E-state index contributed by atoms with van der Waals surface area (Å²) >= 11 is 0. The molecule has 4 nitrogen and oxygen atoms in total. The summed E-state index contributed by atoms with van der Waals surface area (Å²) in [5, 5.41) is 18.6. The molecule has 0 saturated carbocycles. The molecule has 1 rings (SSSR count). The van der Waals surface area contributed by atoms with Gasteiger partial charge in [-0.1, -0.05) is 13.8 Å². The van der Waals surface area contributed by atoms with Crippen LogP contribution in [0, 0.1) is 5.92 Å². The first-order valence-electron chi connectivity index (χ1n) is 5.22. The Morgan fingerprint density at radius 3 is 2.38 bits per heavy atom. The maximum absolute atomic E-state index is 11.5. The molecule has 0 saturated heterocycles. The number of nitrogens with zero attached hydrogens (tertiary/aromatic N) is 1. The molecule has 16 heavy (non-hydrogen) atoms. The van der Waals surface area contributed by atoms with Crippen LogP contribution in [0.1, 0.15) is 20.8 Å². The molecular formula is C12H17NO3. The van der Waals surface area contributed by atoms with E-state index in [-0.39, 0.29) is 17.4 Å². The Morgan fingerprint density at radius 2 is 1.94 bits per heavy atom. The Kier molecular flexibility index (Phi) is 3.77. The largest absolute Gasteiger partial charge is 0.504 e. The van der Waals surface area contributed by atoms with Crippen molar-refractivity contribution in [2.24, 2.45) is 5.92 Å². The zero-order valence-corrected chi connectivity index (χ0v) is 9.77. The molecule has 1 aromatic carbocycles. The minimum atomic E-state index is -0.215. The van der Waals surface area contributed by atoms with Gasteiger partial charge in [-0.3, -0.25) is 4.79 Å². The molecule has 0 aliphatic heterocycles. The lowest BCUT2D eigenvalue weighted by atomic mass is 10.2. The molecule has 1 amide bonds. The van der Waals surface area contributed by atoms with Crippen molar-refractivity contribution in [2.75, 3.05) is 11.4 Å². The van der Waals surface area contributed by atoms with Crippen LogP contribution < -0.4 is 4.90 Å². The number of carbonyl (C=O) groups excluding carboxylic acids is 1. The summed E-state index contributed by atoms with van der Waals surface area (Å²) in [6.45, 7) is 6.08. The summed E-state index contributed by atoms with van der Waals surface area (Å²) < 4.78 is 0. The number of anilines is 1. The molecule has 0 bridgehead atoms. The Labute approximate surface area is 95.1 Å². The Morgan fingerprint density at radius 1 is 1.31 bits per heavy atom. The molecule has 1 aromatic rings. The van der Waals surface area contributed by atoms with Gasteiger partial charge in [-0.2, -0.15) is 0 Å². The van der Waals surface area contributed by atoms with Crippen LogP contribution in [-0.2, 0) is 4.79 Å². The van der Waals surface area contributed by atoms with E-state index in [0.717, 1.165) is 0 Å². The first-order chi connectivity index (χ1) is 7.41. The van der Waals surface area contributed by atoms with Gasteiger partial charge in [-0.05, 0) is 18.1 Å². The highest BCUT2D eigenvalue weighted by Crippen LogP contribution is 2.29. The topological polar surface area (TPSA) is 60.8 Å². The van der Waals surface area contributed by atoms with E-state index in [9.17, 15) is 15.0 Å². The van der Waals surface area contributed by atoms with Crippen molar-refractivity contribution >= 4 is 11.6 Å². The number of phenolic OH excluding ortho intramolecular Hbond substituents is 2. The van der Waals surface area contributed by atoms with E-state index in [0.29, 0.717) is 18.2 Å². The Bertz CT molecular complexity index is 388. The van der Waals surface area contributed by atoms with E-state index in [1.165, 1.54) is 19.1 Å². The highest BCUT2D eigenvalue weighted by atomic mass is 16.3. The van der Waals surface area contributed by atoms with Gasteiger partial charge in [0.1, 0.15) is 0 Å². The van der Waals surface area contributed by atoms with Crippen molar-refractivity contribution in [1.82, 2.24) is 0 Å². The average molecular weight is 223 g/mol. The van der Waals surface area contributed by atoms with Crippen molar-refractivity contribution in [3.63, 3.8) is 0 Å². The van der Waals surface area contributed by atoms with Gasteiger partial charge in [0.15, 0.2) is 11.5 Å². The minimum Gasteiger partial charge on any atom is -0.504 e. The molecule has 0 atom stereocenters. The van der Waals surface area contributed by atoms with Gasteiger partial charge in [0.2, 0.25) is 5.91 Å². The van der Waals surface area contributed by atoms with Crippen LogP contribution >= 0.6 is 0 Å². The number of hydrogen-bond acceptors (Lipinski definition) is 3. The summed E-state index contributed by atoms with van der Waals surface area (Å²) in [5.74, 6) is -0.150. The number of phenols is 2. The summed E-state index contributed by atoms with van der Waals surface area (Å²) in [6, 6.07) is 4.37. The second-order valence-corrected chi connectivity index (χ2v) is 4.20. The lowest BCUT2D eigenvalue weighted by molar-refractivity contribution is -0.116. The van der Waals surface area contributed by atoms with Crippen LogP contribution in [0.3, 0.4) is 0 Å². The fourth-order valence-corrected chi connectivity index (χ4v) is 1.46. The fourth-order valence-electron chi connectivity index (χ4n) is 1.46. The van der Waals surface area contributed by atoms with Gasteiger partial charge >= 0.3 is 0 Å². The second kappa shape index (κ2) is 4.88. The predicted octanol–water partition coefficient (Wildman–Crippen LogP) is 2.11. The van der Waals surface area contributed by atoms with E-state index < -0.39 is 0 Å². The first kappa shape index (κ1) is 12.4. The maximum atomic E-state index is 11.5. The number of carbonyl (C=O) groups is 1. The van der Waals surface area contributed by atoms with Crippen molar-refractivity contribution in [3.8, 4) is 11.5 Å². The third kappa shape index (κ3) is 2.89. The van der Waals surface area contributed by atoms with Crippen LogP contribution in [0.25, 0.3) is 0 Å². The van der Waals surface area contributed by atoms with Crippen LogP contribution in [0.2, 0.25) is 0 Å². The number of amides is 1. The average Bonchev–Trinajstić information content (AvgIpc) is 2.18. The molecular weight excluding hydrogens is 206 g/mol. The van der Waals surface area contributed by atoms with E-state index in [4.69, 9.17) is 0 Å². The minimum absolute atomic E-state index is 0.0845. The maximum Gasteiger partial charge on any atom is 0.223 e. The van der Waals surface area contributed by atoms with Crippen LogP contribution in [0.5, 0.6) is 11.5 Å². The van der Waals surface area contributed by atoms with E-state index >= 15 is 0 Å². The van der Waals surface area contributed by atoms with E-state index in [1.807, 2.05) is 13.8 Å². The first-order valence-corrected chi connectivity index (χ1v) is 5.22.